The molecule has 0 bridgehead atoms. The second-order valence-corrected chi connectivity index (χ2v) is 3.59. The van der Waals surface area contributed by atoms with Crippen LogP contribution >= 0.6 is 0 Å². The van der Waals surface area contributed by atoms with E-state index in [1.165, 1.54) is 0 Å². The van der Waals surface area contributed by atoms with Gasteiger partial charge in [0.05, 0.1) is 12.2 Å². The molecule has 90 valence electrons. The number of nitrogens with one attached hydrogen (secondary N) is 1. The summed E-state index contributed by atoms with van der Waals surface area (Å²) in [5, 5.41) is 3.23. The maximum absolute atomic E-state index is 5.66. The molecule has 0 spiro atoms. The van der Waals surface area contributed by atoms with Crippen molar-refractivity contribution in [2.24, 2.45) is 0 Å². The number of ether oxygens (including phenoxy) is 1. The molecule has 0 atom stereocenters. The van der Waals surface area contributed by atoms with Crippen molar-refractivity contribution in [1.29, 1.82) is 0 Å². The summed E-state index contributed by atoms with van der Waals surface area (Å²) in [7, 11) is 0. The highest BCUT2D eigenvalue weighted by molar-refractivity contribution is 5.48. The van der Waals surface area contributed by atoms with Crippen LogP contribution in [0.3, 0.4) is 0 Å². The minimum absolute atomic E-state index is 0.724. The van der Waals surface area contributed by atoms with Crippen LogP contribution in [0.25, 0.3) is 0 Å². The third kappa shape index (κ3) is 3.36. The molecule has 0 radical (unpaired) electrons. The molecule has 4 heteroatoms. The third-order valence-electron chi connectivity index (χ3n) is 2.34. The van der Waals surface area contributed by atoms with E-state index in [4.69, 9.17) is 4.74 Å². The SMILES string of the molecule is CCCCOc1ncnc(NCC)c1CC. The van der Waals surface area contributed by atoms with E-state index in [2.05, 4.69) is 36.1 Å². The first-order chi connectivity index (χ1) is 7.83. The van der Waals surface area contributed by atoms with Gasteiger partial charge in [0.25, 0.3) is 0 Å². The predicted molar refractivity (Wildman–Crippen MR) is 66.0 cm³/mol. The molecule has 4 nitrogen and oxygen atoms in total. The van der Waals surface area contributed by atoms with Gasteiger partial charge in [-0.15, -0.1) is 0 Å². The molecule has 0 saturated heterocycles. The summed E-state index contributed by atoms with van der Waals surface area (Å²) in [6.07, 6.45) is 4.62. The molecule has 0 aliphatic rings. The van der Waals surface area contributed by atoms with Crippen LogP contribution in [-0.2, 0) is 6.42 Å². The first-order valence-corrected chi connectivity index (χ1v) is 6.03. The molecular weight excluding hydrogens is 202 g/mol. The maximum atomic E-state index is 5.66. The molecule has 0 aliphatic heterocycles. The van der Waals surface area contributed by atoms with Gasteiger partial charge in [-0.25, -0.2) is 9.97 Å². The van der Waals surface area contributed by atoms with Gasteiger partial charge in [0.15, 0.2) is 0 Å². The van der Waals surface area contributed by atoms with E-state index in [1.54, 1.807) is 6.33 Å². The Morgan fingerprint density at radius 2 is 2.06 bits per heavy atom. The second-order valence-electron chi connectivity index (χ2n) is 3.59. The molecule has 16 heavy (non-hydrogen) atoms. The van der Waals surface area contributed by atoms with Gasteiger partial charge in [-0.3, -0.25) is 0 Å². The Morgan fingerprint density at radius 1 is 1.25 bits per heavy atom. The van der Waals surface area contributed by atoms with Crippen molar-refractivity contribution in [1.82, 2.24) is 9.97 Å². The van der Waals surface area contributed by atoms with E-state index < -0.39 is 0 Å². The fourth-order valence-corrected chi connectivity index (χ4v) is 1.47. The van der Waals surface area contributed by atoms with Crippen LogP contribution in [0, 0.1) is 0 Å². The fraction of sp³-hybridized carbons (Fsp3) is 0.667. The Morgan fingerprint density at radius 3 is 2.69 bits per heavy atom. The van der Waals surface area contributed by atoms with E-state index in [0.717, 1.165) is 49.7 Å². The molecule has 0 fully saturated rings. The lowest BCUT2D eigenvalue weighted by molar-refractivity contribution is 0.294. The number of anilines is 1. The van der Waals surface area contributed by atoms with Crippen molar-refractivity contribution in [3.8, 4) is 5.88 Å². The number of rotatable bonds is 7. The Balaban J connectivity index is 2.77. The molecule has 0 aromatic carbocycles. The molecule has 0 amide bonds. The van der Waals surface area contributed by atoms with Crippen molar-refractivity contribution >= 4 is 5.82 Å². The van der Waals surface area contributed by atoms with Crippen molar-refractivity contribution in [3.63, 3.8) is 0 Å². The van der Waals surface area contributed by atoms with Crippen LogP contribution < -0.4 is 10.1 Å². The summed E-state index contributed by atoms with van der Waals surface area (Å²) < 4.78 is 5.66. The Hall–Kier alpha value is -1.32. The molecule has 1 heterocycles. The third-order valence-corrected chi connectivity index (χ3v) is 2.34. The highest BCUT2D eigenvalue weighted by atomic mass is 16.5. The number of nitrogens with zero attached hydrogens (tertiary/aromatic N) is 2. The van der Waals surface area contributed by atoms with Crippen LogP contribution in [0.2, 0.25) is 0 Å². The lowest BCUT2D eigenvalue weighted by Gasteiger charge is -2.12. The number of aromatic nitrogens is 2. The van der Waals surface area contributed by atoms with Crippen LogP contribution in [-0.4, -0.2) is 23.1 Å². The zero-order valence-corrected chi connectivity index (χ0v) is 10.4. The topological polar surface area (TPSA) is 47.0 Å². The minimum Gasteiger partial charge on any atom is -0.477 e. The average Bonchev–Trinajstić information content (AvgIpc) is 2.30. The Kier molecular flexibility index (Phi) is 5.61. The van der Waals surface area contributed by atoms with E-state index >= 15 is 0 Å². The van der Waals surface area contributed by atoms with E-state index in [1.807, 2.05) is 0 Å². The van der Waals surface area contributed by atoms with Crippen LogP contribution in [0.4, 0.5) is 5.82 Å². The van der Waals surface area contributed by atoms with E-state index in [9.17, 15) is 0 Å². The average molecular weight is 223 g/mol. The highest BCUT2D eigenvalue weighted by Crippen LogP contribution is 2.22. The smallest absolute Gasteiger partial charge is 0.221 e. The molecular formula is C12H21N3O. The lowest BCUT2D eigenvalue weighted by Crippen LogP contribution is -2.08. The fourth-order valence-electron chi connectivity index (χ4n) is 1.47. The van der Waals surface area contributed by atoms with Gasteiger partial charge in [-0.05, 0) is 19.8 Å². The first-order valence-electron chi connectivity index (χ1n) is 6.03. The molecule has 0 aliphatic carbocycles. The van der Waals surface area contributed by atoms with Gasteiger partial charge in [-0.2, -0.15) is 0 Å². The quantitative estimate of drug-likeness (QED) is 0.722. The van der Waals surface area contributed by atoms with Crippen molar-refractivity contribution in [2.45, 2.75) is 40.0 Å². The number of hydrogen-bond donors (Lipinski definition) is 1. The predicted octanol–water partition coefficient (Wildman–Crippen LogP) is 2.65. The summed E-state index contributed by atoms with van der Waals surface area (Å²) >= 11 is 0. The summed E-state index contributed by atoms with van der Waals surface area (Å²) in [4.78, 5) is 8.42. The highest BCUT2D eigenvalue weighted by Gasteiger charge is 2.09. The zero-order valence-electron chi connectivity index (χ0n) is 10.4. The van der Waals surface area contributed by atoms with E-state index in [-0.39, 0.29) is 0 Å². The molecule has 1 rings (SSSR count). The van der Waals surface area contributed by atoms with Crippen LogP contribution in [0.15, 0.2) is 6.33 Å². The number of unbranched alkanes of at least 4 members (excludes halogenated alkanes) is 1. The molecule has 1 aromatic heterocycles. The van der Waals surface area contributed by atoms with E-state index in [0.29, 0.717) is 0 Å². The van der Waals surface area contributed by atoms with Crippen molar-refractivity contribution in [2.75, 3.05) is 18.5 Å². The van der Waals surface area contributed by atoms with Gasteiger partial charge in [0.1, 0.15) is 12.1 Å². The summed E-state index contributed by atoms with van der Waals surface area (Å²) in [6.45, 7) is 7.88. The normalized spacial score (nSPS) is 10.2. The first kappa shape index (κ1) is 12.7. The molecule has 0 unspecified atom stereocenters. The monoisotopic (exact) mass is 223 g/mol. The summed E-state index contributed by atoms with van der Waals surface area (Å²) in [6, 6.07) is 0. The minimum atomic E-state index is 0.724. The van der Waals surface area contributed by atoms with Gasteiger partial charge in [0, 0.05) is 6.54 Å². The second kappa shape index (κ2) is 7.04. The molecule has 0 saturated carbocycles. The standard InChI is InChI=1S/C12H21N3O/c1-4-7-8-16-12-10(5-2)11(13-6-3)14-9-15-12/h9H,4-8H2,1-3H3,(H,13,14,15). The molecule has 1 N–H and O–H groups in total. The van der Waals surface area contributed by atoms with Crippen molar-refractivity contribution < 1.29 is 4.74 Å². The van der Waals surface area contributed by atoms with Crippen molar-refractivity contribution in [3.05, 3.63) is 11.9 Å². The Labute approximate surface area is 97.5 Å². The zero-order chi connectivity index (χ0) is 11.8. The van der Waals surface area contributed by atoms with Gasteiger partial charge >= 0.3 is 0 Å². The van der Waals surface area contributed by atoms with Gasteiger partial charge < -0.3 is 10.1 Å². The largest absolute Gasteiger partial charge is 0.477 e. The van der Waals surface area contributed by atoms with Crippen LogP contribution in [0.5, 0.6) is 5.88 Å². The van der Waals surface area contributed by atoms with Gasteiger partial charge in [0.2, 0.25) is 5.88 Å². The maximum Gasteiger partial charge on any atom is 0.221 e. The Bertz CT molecular complexity index is 315. The lowest BCUT2D eigenvalue weighted by atomic mass is 10.2. The summed E-state index contributed by atoms with van der Waals surface area (Å²) in [5.41, 5.74) is 1.07. The summed E-state index contributed by atoms with van der Waals surface area (Å²) in [5.74, 6) is 1.62. The number of hydrogen-bond acceptors (Lipinski definition) is 4. The van der Waals surface area contributed by atoms with Crippen LogP contribution in [0.1, 0.15) is 39.2 Å². The molecule has 1 aromatic rings. The van der Waals surface area contributed by atoms with Gasteiger partial charge in [-0.1, -0.05) is 20.3 Å².